The van der Waals surface area contributed by atoms with Crippen LogP contribution in [0.25, 0.3) is 0 Å². The number of rotatable bonds is 2. The van der Waals surface area contributed by atoms with Gasteiger partial charge in [-0.3, -0.25) is 9.89 Å². The van der Waals surface area contributed by atoms with Crippen molar-refractivity contribution in [1.29, 1.82) is 0 Å². The van der Waals surface area contributed by atoms with Crippen LogP contribution >= 0.6 is 27.3 Å². The smallest absolute Gasteiger partial charge is 0.254 e. The van der Waals surface area contributed by atoms with Crippen molar-refractivity contribution in [2.45, 2.75) is 25.7 Å². The molecule has 3 rings (SSSR count). The van der Waals surface area contributed by atoms with Crippen LogP contribution in [0.4, 0.5) is 0 Å². The fourth-order valence-corrected chi connectivity index (χ4v) is 3.65. The van der Waals surface area contributed by atoms with Crippen LogP contribution in [0, 0.1) is 6.92 Å². The molecule has 0 aromatic carbocycles. The fourth-order valence-electron chi connectivity index (χ4n) is 2.52. The number of nitrogens with one attached hydrogen (secondary N) is 1. The van der Waals surface area contributed by atoms with E-state index < -0.39 is 0 Å². The van der Waals surface area contributed by atoms with Crippen LogP contribution in [0.1, 0.15) is 40.8 Å². The highest BCUT2D eigenvalue weighted by Gasteiger charge is 2.28. The van der Waals surface area contributed by atoms with Crippen LogP contribution in [0.5, 0.6) is 0 Å². The highest BCUT2D eigenvalue weighted by Crippen LogP contribution is 2.27. The lowest BCUT2D eigenvalue weighted by Gasteiger charge is -2.31. The van der Waals surface area contributed by atoms with Gasteiger partial charge in [-0.2, -0.15) is 5.10 Å². The lowest BCUT2D eigenvalue weighted by molar-refractivity contribution is 0.0705. The molecule has 1 atom stereocenters. The minimum absolute atomic E-state index is 0.101. The molecule has 2 aromatic rings. The number of carbonyl (C=O) groups excluding carboxylic acids is 1. The Labute approximate surface area is 129 Å². The predicted octanol–water partition coefficient (Wildman–Crippen LogP) is 2.96. The van der Waals surface area contributed by atoms with E-state index >= 15 is 0 Å². The summed E-state index contributed by atoms with van der Waals surface area (Å²) in [6.07, 6.45) is 2.03. The molecule has 3 heterocycles. The molecule has 0 aliphatic carbocycles. The molecule has 106 valence electrons. The molecule has 0 saturated carbocycles. The van der Waals surface area contributed by atoms with Crippen LogP contribution in [0.3, 0.4) is 0 Å². The number of piperidine rings is 1. The summed E-state index contributed by atoms with van der Waals surface area (Å²) in [4.78, 5) is 18.8. The topological polar surface area (TPSA) is 61.9 Å². The van der Waals surface area contributed by atoms with Gasteiger partial charge in [-0.15, -0.1) is 11.3 Å². The standard InChI is InChI=1S/C13H15BrN4OS/c1-8-15-12(17-16-8)9-3-2-4-18(6-9)13(19)10-5-11(14)20-7-10/h5,7,9H,2-4,6H2,1H3,(H,15,16,17). The Hall–Kier alpha value is -1.21. The van der Waals surface area contributed by atoms with Gasteiger partial charge in [-0.25, -0.2) is 4.98 Å². The van der Waals surface area contributed by atoms with E-state index in [2.05, 4.69) is 31.1 Å². The van der Waals surface area contributed by atoms with E-state index in [-0.39, 0.29) is 11.8 Å². The fraction of sp³-hybridized carbons (Fsp3) is 0.462. The van der Waals surface area contributed by atoms with Gasteiger partial charge < -0.3 is 4.90 Å². The van der Waals surface area contributed by atoms with Crippen molar-refractivity contribution in [3.05, 3.63) is 32.4 Å². The monoisotopic (exact) mass is 354 g/mol. The molecule has 1 aliphatic rings. The number of halogens is 1. The molecule has 1 amide bonds. The number of nitrogens with zero attached hydrogens (tertiary/aromatic N) is 3. The summed E-state index contributed by atoms with van der Waals surface area (Å²) < 4.78 is 0.985. The lowest BCUT2D eigenvalue weighted by atomic mass is 9.97. The number of hydrogen-bond donors (Lipinski definition) is 1. The summed E-state index contributed by atoms with van der Waals surface area (Å²) in [6, 6.07) is 1.88. The van der Waals surface area contributed by atoms with Crippen molar-refractivity contribution in [3.8, 4) is 0 Å². The Morgan fingerprint density at radius 1 is 1.60 bits per heavy atom. The van der Waals surface area contributed by atoms with Gasteiger partial charge in [0.05, 0.1) is 9.35 Å². The summed E-state index contributed by atoms with van der Waals surface area (Å²) in [5, 5.41) is 9.00. The molecule has 2 aromatic heterocycles. The molecular weight excluding hydrogens is 340 g/mol. The van der Waals surface area contributed by atoms with Crippen molar-refractivity contribution >= 4 is 33.2 Å². The van der Waals surface area contributed by atoms with Crippen molar-refractivity contribution < 1.29 is 4.79 Å². The lowest BCUT2D eigenvalue weighted by Crippen LogP contribution is -2.39. The molecule has 1 unspecified atom stereocenters. The van der Waals surface area contributed by atoms with Crippen molar-refractivity contribution in [3.63, 3.8) is 0 Å². The maximum atomic E-state index is 12.5. The molecule has 7 heteroatoms. The minimum atomic E-state index is 0.101. The van der Waals surface area contributed by atoms with Crippen molar-refractivity contribution in [1.82, 2.24) is 20.1 Å². The van der Waals surface area contributed by atoms with Gasteiger partial charge in [-0.05, 0) is 41.8 Å². The second-order valence-corrected chi connectivity index (χ2v) is 7.30. The predicted molar refractivity (Wildman–Crippen MR) is 81.0 cm³/mol. The maximum absolute atomic E-state index is 12.5. The van der Waals surface area contributed by atoms with E-state index in [1.165, 1.54) is 11.3 Å². The van der Waals surface area contributed by atoms with Crippen LogP contribution in [0.15, 0.2) is 15.2 Å². The van der Waals surface area contributed by atoms with E-state index in [1.54, 1.807) is 0 Å². The number of amides is 1. The summed E-state index contributed by atoms with van der Waals surface area (Å²) in [5.74, 6) is 1.99. The van der Waals surface area contributed by atoms with Gasteiger partial charge in [0.1, 0.15) is 5.82 Å². The van der Waals surface area contributed by atoms with Crippen LogP contribution in [0.2, 0.25) is 0 Å². The van der Waals surface area contributed by atoms with Crippen LogP contribution in [-0.4, -0.2) is 39.1 Å². The van der Waals surface area contributed by atoms with Gasteiger partial charge in [0, 0.05) is 24.4 Å². The van der Waals surface area contributed by atoms with Gasteiger partial charge >= 0.3 is 0 Å². The highest BCUT2D eigenvalue weighted by molar-refractivity contribution is 9.11. The third kappa shape index (κ3) is 2.78. The molecule has 0 bridgehead atoms. The maximum Gasteiger partial charge on any atom is 0.254 e. The number of H-pyrrole nitrogens is 1. The molecular formula is C13H15BrN4OS. The average Bonchev–Trinajstić information content (AvgIpc) is 3.07. The van der Waals surface area contributed by atoms with E-state index in [9.17, 15) is 4.79 Å². The number of thiophene rings is 1. The molecule has 0 radical (unpaired) electrons. The minimum Gasteiger partial charge on any atom is -0.338 e. The summed E-state index contributed by atoms with van der Waals surface area (Å²) >= 11 is 4.94. The molecule has 1 fully saturated rings. The SMILES string of the molecule is Cc1nc(C2CCCN(C(=O)c3csc(Br)c3)C2)n[nH]1. The van der Waals surface area contributed by atoms with Crippen LogP contribution in [-0.2, 0) is 0 Å². The van der Waals surface area contributed by atoms with Gasteiger partial charge in [0.15, 0.2) is 5.82 Å². The second kappa shape index (κ2) is 5.65. The number of aryl methyl sites for hydroxylation is 1. The zero-order valence-electron chi connectivity index (χ0n) is 11.1. The van der Waals surface area contributed by atoms with Crippen molar-refractivity contribution in [2.24, 2.45) is 0 Å². The molecule has 0 spiro atoms. The molecule has 1 saturated heterocycles. The summed E-state index contributed by atoms with van der Waals surface area (Å²) in [6.45, 7) is 3.40. The number of aromatic amines is 1. The van der Waals surface area contributed by atoms with Crippen LogP contribution < -0.4 is 0 Å². The Morgan fingerprint density at radius 3 is 3.10 bits per heavy atom. The zero-order valence-corrected chi connectivity index (χ0v) is 13.5. The van der Waals surface area contributed by atoms with Gasteiger partial charge in [-0.1, -0.05) is 0 Å². The first-order valence-corrected chi connectivity index (χ1v) is 8.23. The summed E-state index contributed by atoms with van der Waals surface area (Å²) in [7, 11) is 0. The number of likely N-dealkylation sites (tertiary alicyclic amines) is 1. The molecule has 1 N–H and O–H groups in total. The second-order valence-electron chi connectivity index (χ2n) is 5.01. The Kier molecular flexibility index (Phi) is 3.89. The molecule has 1 aliphatic heterocycles. The van der Waals surface area contributed by atoms with E-state index in [1.807, 2.05) is 23.3 Å². The van der Waals surface area contributed by atoms with Gasteiger partial charge in [0.2, 0.25) is 0 Å². The van der Waals surface area contributed by atoms with E-state index in [0.29, 0.717) is 6.54 Å². The third-order valence-corrected chi connectivity index (χ3v) is 5.01. The highest BCUT2D eigenvalue weighted by atomic mass is 79.9. The van der Waals surface area contributed by atoms with Gasteiger partial charge in [0.25, 0.3) is 5.91 Å². The Morgan fingerprint density at radius 2 is 2.45 bits per heavy atom. The first-order chi connectivity index (χ1) is 9.63. The largest absolute Gasteiger partial charge is 0.338 e. The summed E-state index contributed by atoms with van der Waals surface area (Å²) in [5.41, 5.74) is 0.758. The Balaban J connectivity index is 1.73. The average molecular weight is 355 g/mol. The number of hydrogen-bond acceptors (Lipinski definition) is 4. The first kappa shape index (κ1) is 13.8. The molecule has 20 heavy (non-hydrogen) atoms. The number of carbonyl (C=O) groups is 1. The molecule has 5 nitrogen and oxygen atoms in total. The zero-order chi connectivity index (χ0) is 14.1. The first-order valence-electron chi connectivity index (χ1n) is 6.55. The normalized spacial score (nSPS) is 19.3. The van der Waals surface area contributed by atoms with E-state index in [4.69, 9.17) is 0 Å². The van der Waals surface area contributed by atoms with E-state index in [0.717, 1.165) is 40.4 Å². The number of aromatic nitrogens is 3. The quantitative estimate of drug-likeness (QED) is 0.901. The van der Waals surface area contributed by atoms with Crippen molar-refractivity contribution in [2.75, 3.05) is 13.1 Å². The third-order valence-electron chi connectivity index (χ3n) is 3.50. The Bertz CT molecular complexity index is 623.